The van der Waals surface area contributed by atoms with Gasteiger partial charge < -0.3 is 4.90 Å². The number of aromatic nitrogens is 6. The van der Waals surface area contributed by atoms with Gasteiger partial charge in [0.25, 0.3) is 0 Å². The summed E-state index contributed by atoms with van der Waals surface area (Å²) in [5.74, 6) is 0.684. The Labute approximate surface area is 179 Å². The predicted octanol–water partition coefficient (Wildman–Crippen LogP) is 3.93. The number of pyridine rings is 1. The molecule has 2 aliphatic rings. The van der Waals surface area contributed by atoms with E-state index in [4.69, 9.17) is 0 Å². The van der Waals surface area contributed by atoms with Crippen LogP contribution in [0.3, 0.4) is 0 Å². The summed E-state index contributed by atoms with van der Waals surface area (Å²) in [5, 5.41) is 9.31. The predicted molar refractivity (Wildman–Crippen MR) is 116 cm³/mol. The van der Waals surface area contributed by atoms with Crippen LogP contribution in [0.1, 0.15) is 55.1 Å². The summed E-state index contributed by atoms with van der Waals surface area (Å²) >= 11 is 0. The van der Waals surface area contributed by atoms with Crippen LogP contribution in [0.4, 0.5) is 4.39 Å². The van der Waals surface area contributed by atoms with Crippen molar-refractivity contribution in [2.75, 3.05) is 13.1 Å². The molecule has 0 amide bonds. The third kappa shape index (κ3) is 3.20. The topological polar surface area (TPSA) is 63.6 Å². The summed E-state index contributed by atoms with van der Waals surface area (Å²) in [6, 6.07) is 4.23. The molecule has 5 heterocycles. The van der Waals surface area contributed by atoms with Crippen molar-refractivity contribution >= 4 is 11.3 Å². The zero-order chi connectivity index (χ0) is 21.1. The van der Waals surface area contributed by atoms with Crippen molar-refractivity contribution < 1.29 is 4.39 Å². The summed E-state index contributed by atoms with van der Waals surface area (Å²) < 4.78 is 18.3. The smallest absolute Gasteiger partial charge is 0.191 e. The lowest BCUT2D eigenvalue weighted by atomic mass is 9.87. The molecule has 4 aromatic heterocycles. The van der Waals surface area contributed by atoms with Gasteiger partial charge in [-0.05, 0) is 70.3 Å². The van der Waals surface area contributed by atoms with E-state index < -0.39 is 0 Å². The molecule has 7 nitrogen and oxygen atoms in total. The minimum Gasteiger partial charge on any atom is -0.300 e. The third-order valence-electron chi connectivity index (χ3n) is 6.92. The van der Waals surface area contributed by atoms with Gasteiger partial charge in [-0.15, -0.1) is 0 Å². The average molecular weight is 420 g/mol. The van der Waals surface area contributed by atoms with Crippen LogP contribution < -0.4 is 0 Å². The summed E-state index contributed by atoms with van der Waals surface area (Å²) in [5.41, 5.74) is 4.37. The normalized spacial score (nSPS) is 18.8. The second-order valence-electron chi connectivity index (χ2n) is 9.07. The van der Waals surface area contributed by atoms with E-state index in [1.165, 1.54) is 25.3 Å². The summed E-state index contributed by atoms with van der Waals surface area (Å²) in [6.45, 7) is 6.11. The van der Waals surface area contributed by atoms with Crippen LogP contribution in [0.5, 0.6) is 0 Å². The monoisotopic (exact) mass is 419 g/mol. The molecular formula is C23H26FN7. The van der Waals surface area contributed by atoms with Crippen molar-refractivity contribution in [3.8, 4) is 11.3 Å². The fourth-order valence-electron chi connectivity index (χ4n) is 4.94. The Bertz CT molecular complexity index is 1280. The lowest BCUT2D eigenvalue weighted by molar-refractivity contribution is 0.0964. The molecule has 1 aliphatic heterocycles. The minimum atomic E-state index is -0.371. The number of nitrogens with zero attached hydrogens (tertiary/aromatic N) is 7. The quantitative estimate of drug-likeness (QED) is 0.504. The number of halogens is 1. The number of imidazole rings is 1. The molecule has 8 heteroatoms. The zero-order valence-electron chi connectivity index (χ0n) is 17.9. The standard InChI is InChI=1S/C23H26FN7/c1-14-10-20(27-30-12-15(2)25-22(14)30)17-11-19(24)23-26-21(28-31(23)13-17)16-6-8-29(9-7-16)18-4-3-5-18/h10-13,16,18H,3-9H2,1-2H3. The van der Waals surface area contributed by atoms with Crippen LogP contribution in [-0.4, -0.2) is 53.2 Å². The molecule has 1 saturated carbocycles. The summed E-state index contributed by atoms with van der Waals surface area (Å²) in [7, 11) is 0. The van der Waals surface area contributed by atoms with Gasteiger partial charge in [-0.2, -0.15) is 10.2 Å². The largest absolute Gasteiger partial charge is 0.300 e. The van der Waals surface area contributed by atoms with Crippen molar-refractivity contribution in [3.05, 3.63) is 47.4 Å². The van der Waals surface area contributed by atoms with E-state index in [-0.39, 0.29) is 11.5 Å². The van der Waals surface area contributed by atoms with Crippen LogP contribution in [0.15, 0.2) is 24.5 Å². The van der Waals surface area contributed by atoms with Crippen molar-refractivity contribution in [3.63, 3.8) is 0 Å². The summed E-state index contributed by atoms with van der Waals surface area (Å²) in [4.78, 5) is 11.7. The highest BCUT2D eigenvalue weighted by Gasteiger charge is 2.30. The molecule has 0 aromatic carbocycles. The molecule has 2 fully saturated rings. The molecule has 6 rings (SSSR count). The number of piperidine rings is 1. The van der Waals surface area contributed by atoms with E-state index >= 15 is 0 Å². The Morgan fingerprint density at radius 2 is 1.68 bits per heavy atom. The van der Waals surface area contributed by atoms with E-state index in [0.29, 0.717) is 17.2 Å². The molecule has 160 valence electrons. The fraction of sp³-hybridized carbons (Fsp3) is 0.478. The Balaban J connectivity index is 1.31. The second-order valence-corrected chi connectivity index (χ2v) is 9.07. The highest BCUT2D eigenvalue weighted by Crippen LogP contribution is 2.32. The summed E-state index contributed by atoms with van der Waals surface area (Å²) in [6.07, 6.45) is 9.83. The lowest BCUT2D eigenvalue weighted by Gasteiger charge is -2.41. The number of hydrogen-bond acceptors (Lipinski definition) is 5. The van der Waals surface area contributed by atoms with Gasteiger partial charge in [-0.3, -0.25) is 0 Å². The molecule has 31 heavy (non-hydrogen) atoms. The Kier molecular flexibility index (Phi) is 4.31. The molecule has 0 unspecified atom stereocenters. The Morgan fingerprint density at radius 3 is 2.42 bits per heavy atom. The molecule has 0 N–H and O–H groups in total. The Hall–Kier alpha value is -2.87. The lowest BCUT2D eigenvalue weighted by Crippen LogP contribution is -2.44. The highest BCUT2D eigenvalue weighted by atomic mass is 19.1. The van der Waals surface area contributed by atoms with Gasteiger partial charge in [0.2, 0.25) is 0 Å². The Morgan fingerprint density at radius 1 is 0.903 bits per heavy atom. The van der Waals surface area contributed by atoms with Crippen LogP contribution in [-0.2, 0) is 0 Å². The highest BCUT2D eigenvalue weighted by molar-refractivity contribution is 5.64. The van der Waals surface area contributed by atoms with Crippen LogP contribution >= 0.6 is 0 Å². The van der Waals surface area contributed by atoms with E-state index in [1.807, 2.05) is 32.3 Å². The van der Waals surface area contributed by atoms with Gasteiger partial charge in [0, 0.05) is 23.7 Å². The van der Waals surface area contributed by atoms with Gasteiger partial charge in [0.1, 0.15) is 0 Å². The first-order valence-corrected chi connectivity index (χ1v) is 11.2. The number of hydrogen-bond donors (Lipinski definition) is 0. The molecule has 0 bridgehead atoms. The first-order valence-electron chi connectivity index (χ1n) is 11.2. The minimum absolute atomic E-state index is 0.288. The van der Waals surface area contributed by atoms with Gasteiger partial charge >= 0.3 is 0 Å². The van der Waals surface area contributed by atoms with Crippen LogP contribution in [0, 0.1) is 19.7 Å². The van der Waals surface area contributed by atoms with Crippen LogP contribution in [0.25, 0.3) is 22.6 Å². The molecule has 0 atom stereocenters. The van der Waals surface area contributed by atoms with Crippen molar-refractivity contribution in [1.29, 1.82) is 0 Å². The van der Waals surface area contributed by atoms with E-state index in [0.717, 1.165) is 54.7 Å². The van der Waals surface area contributed by atoms with Gasteiger partial charge in [0.15, 0.2) is 22.9 Å². The van der Waals surface area contributed by atoms with E-state index in [2.05, 4.69) is 25.1 Å². The van der Waals surface area contributed by atoms with E-state index in [9.17, 15) is 4.39 Å². The number of fused-ring (bicyclic) bond motifs is 2. The number of rotatable bonds is 3. The van der Waals surface area contributed by atoms with Crippen molar-refractivity contribution in [2.45, 2.75) is 57.9 Å². The molecular weight excluding hydrogens is 393 g/mol. The maximum absolute atomic E-state index is 15.0. The molecule has 4 aromatic rings. The zero-order valence-corrected chi connectivity index (χ0v) is 17.9. The molecule has 0 spiro atoms. The van der Waals surface area contributed by atoms with Gasteiger partial charge in [-0.25, -0.2) is 23.4 Å². The third-order valence-corrected chi connectivity index (χ3v) is 6.92. The molecule has 0 radical (unpaired) electrons. The number of aryl methyl sites for hydroxylation is 2. The van der Waals surface area contributed by atoms with Crippen molar-refractivity contribution in [1.82, 2.24) is 34.1 Å². The van der Waals surface area contributed by atoms with E-state index in [1.54, 1.807) is 9.03 Å². The SMILES string of the molecule is Cc1cn2nc(-c3cc(F)c4nc(C5CCN(C6CCC6)CC5)nn4c3)cc(C)c2n1. The maximum Gasteiger partial charge on any atom is 0.191 e. The van der Waals surface area contributed by atoms with Crippen molar-refractivity contribution in [2.24, 2.45) is 0 Å². The van der Waals surface area contributed by atoms with Gasteiger partial charge in [-0.1, -0.05) is 6.42 Å². The maximum atomic E-state index is 15.0. The molecule has 1 saturated heterocycles. The second kappa shape index (κ2) is 7.09. The molecule has 1 aliphatic carbocycles. The fourth-order valence-corrected chi connectivity index (χ4v) is 4.94. The van der Waals surface area contributed by atoms with Gasteiger partial charge in [0.05, 0.1) is 17.6 Å². The number of likely N-dealkylation sites (tertiary alicyclic amines) is 1. The first-order chi connectivity index (χ1) is 15.0. The first kappa shape index (κ1) is 18.9. The van der Waals surface area contributed by atoms with Crippen LogP contribution in [0.2, 0.25) is 0 Å². The average Bonchev–Trinajstić information content (AvgIpc) is 3.31.